The summed E-state index contributed by atoms with van der Waals surface area (Å²) in [6.07, 6.45) is 2.82. The van der Waals surface area contributed by atoms with E-state index in [-0.39, 0.29) is 10.3 Å². The molecule has 0 radical (unpaired) electrons. The first-order valence-corrected chi connectivity index (χ1v) is 8.35. The summed E-state index contributed by atoms with van der Waals surface area (Å²) in [4.78, 5) is -0.110. The van der Waals surface area contributed by atoms with Crippen LogP contribution >= 0.6 is 0 Å². The average molecular weight is 296 g/mol. The molecule has 0 fully saturated rings. The van der Waals surface area contributed by atoms with Crippen LogP contribution in [0.4, 0.5) is 0 Å². The molecule has 0 aliphatic rings. The zero-order chi connectivity index (χ0) is 15.4. The molecule has 4 heteroatoms. The molecular weight excluding hydrogens is 272 g/mol. The summed E-state index contributed by atoms with van der Waals surface area (Å²) in [6.45, 7) is 9.99. The van der Waals surface area contributed by atoms with Crippen LogP contribution in [0.15, 0.2) is 35.7 Å². The van der Waals surface area contributed by atoms with Crippen LogP contribution in [0.1, 0.15) is 51.2 Å². The van der Waals surface area contributed by atoms with Gasteiger partial charge in [0.2, 0.25) is 0 Å². The van der Waals surface area contributed by atoms with E-state index in [0.29, 0.717) is 12.8 Å². The third kappa shape index (κ3) is 4.76. The molecule has 0 atom stereocenters. The van der Waals surface area contributed by atoms with Crippen LogP contribution in [0.5, 0.6) is 0 Å². The van der Waals surface area contributed by atoms with Gasteiger partial charge >= 0.3 is 0 Å². The lowest BCUT2D eigenvalue weighted by Gasteiger charge is -2.23. The molecule has 0 saturated carbocycles. The quantitative estimate of drug-likeness (QED) is 0.771. The van der Waals surface area contributed by atoms with E-state index in [1.807, 2.05) is 0 Å². The molecule has 0 aromatic heterocycles. The van der Waals surface area contributed by atoms with Crippen LogP contribution in [0.3, 0.4) is 0 Å². The van der Waals surface area contributed by atoms with Crippen LogP contribution in [0.25, 0.3) is 0 Å². The SMILES string of the molecule is C=C(CCCc1ccc(C(C)(C)CC)cc1)S(=O)(=O)O. The van der Waals surface area contributed by atoms with E-state index < -0.39 is 10.1 Å². The van der Waals surface area contributed by atoms with Gasteiger partial charge in [-0.2, -0.15) is 8.42 Å². The predicted molar refractivity (Wildman–Crippen MR) is 83.4 cm³/mol. The van der Waals surface area contributed by atoms with Gasteiger partial charge in [0.1, 0.15) is 0 Å². The predicted octanol–water partition coefficient (Wildman–Crippen LogP) is 4.10. The first kappa shape index (κ1) is 16.9. The van der Waals surface area contributed by atoms with Gasteiger partial charge in [0.15, 0.2) is 0 Å². The zero-order valence-electron chi connectivity index (χ0n) is 12.5. The number of allylic oxidation sites excluding steroid dienone is 1. The van der Waals surface area contributed by atoms with Crippen molar-refractivity contribution in [2.24, 2.45) is 0 Å². The lowest BCUT2D eigenvalue weighted by molar-refractivity contribution is 0.488. The third-order valence-electron chi connectivity index (χ3n) is 3.91. The Morgan fingerprint density at radius 3 is 2.25 bits per heavy atom. The van der Waals surface area contributed by atoms with Crippen LogP contribution < -0.4 is 0 Å². The van der Waals surface area contributed by atoms with Gasteiger partial charge in [-0.1, -0.05) is 51.6 Å². The van der Waals surface area contributed by atoms with Crippen molar-refractivity contribution in [2.45, 2.75) is 51.9 Å². The molecule has 0 amide bonds. The molecule has 0 unspecified atom stereocenters. The Labute approximate surface area is 122 Å². The monoisotopic (exact) mass is 296 g/mol. The third-order valence-corrected chi connectivity index (χ3v) is 4.84. The number of hydrogen-bond donors (Lipinski definition) is 1. The Bertz CT molecular complexity index is 554. The van der Waals surface area contributed by atoms with Gasteiger partial charge in [-0.15, -0.1) is 0 Å². The van der Waals surface area contributed by atoms with Gasteiger partial charge in [-0.25, -0.2) is 0 Å². The van der Waals surface area contributed by atoms with E-state index >= 15 is 0 Å². The highest BCUT2D eigenvalue weighted by molar-refractivity contribution is 7.89. The van der Waals surface area contributed by atoms with Gasteiger partial charge in [-0.05, 0) is 42.2 Å². The second kappa shape index (κ2) is 6.55. The summed E-state index contributed by atoms with van der Waals surface area (Å²) in [5.41, 5.74) is 2.66. The summed E-state index contributed by atoms with van der Waals surface area (Å²) < 4.78 is 30.4. The number of hydrogen-bond acceptors (Lipinski definition) is 2. The number of benzene rings is 1. The minimum absolute atomic E-state index is 0.110. The molecule has 0 bridgehead atoms. The van der Waals surface area contributed by atoms with Gasteiger partial charge in [0.05, 0.1) is 4.91 Å². The van der Waals surface area contributed by atoms with Crippen molar-refractivity contribution in [1.82, 2.24) is 0 Å². The second-order valence-electron chi connectivity index (χ2n) is 5.80. The minimum atomic E-state index is -4.08. The van der Waals surface area contributed by atoms with E-state index in [1.54, 1.807) is 0 Å². The fourth-order valence-electron chi connectivity index (χ4n) is 1.95. The molecular formula is C16H24O3S. The molecule has 1 aromatic carbocycles. The largest absolute Gasteiger partial charge is 0.290 e. The fraction of sp³-hybridized carbons (Fsp3) is 0.500. The Balaban J connectivity index is 2.57. The second-order valence-corrected chi connectivity index (χ2v) is 7.33. The number of rotatable bonds is 7. The van der Waals surface area contributed by atoms with Gasteiger partial charge in [-0.3, -0.25) is 4.55 Å². The minimum Gasteiger partial charge on any atom is -0.282 e. The lowest BCUT2D eigenvalue weighted by atomic mass is 9.82. The highest BCUT2D eigenvalue weighted by atomic mass is 32.2. The van der Waals surface area contributed by atoms with Crippen LogP contribution in [0, 0.1) is 0 Å². The summed E-state index contributed by atoms with van der Waals surface area (Å²) in [6, 6.07) is 8.44. The van der Waals surface area contributed by atoms with Crippen molar-refractivity contribution in [1.29, 1.82) is 0 Å². The van der Waals surface area contributed by atoms with E-state index in [1.165, 1.54) is 11.1 Å². The Morgan fingerprint density at radius 1 is 1.25 bits per heavy atom. The van der Waals surface area contributed by atoms with E-state index in [4.69, 9.17) is 4.55 Å². The van der Waals surface area contributed by atoms with Crippen LogP contribution in [-0.4, -0.2) is 13.0 Å². The van der Waals surface area contributed by atoms with Crippen molar-refractivity contribution in [3.05, 3.63) is 46.9 Å². The molecule has 1 N–H and O–H groups in total. The van der Waals surface area contributed by atoms with Crippen molar-refractivity contribution < 1.29 is 13.0 Å². The van der Waals surface area contributed by atoms with Crippen LogP contribution in [-0.2, 0) is 22.0 Å². The first-order valence-electron chi connectivity index (χ1n) is 6.91. The van der Waals surface area contributed by atoms with Gasteiger partial charge < -0.3 is 0 Å². The highest BCUT2D eigenvalue weighted by Gasteiger charge is 2.17. The highest BCUT2D eigenvalue weighted by Crippen LogP contribution is 2.27. The summed E-state index contributed by atoms with van der Waals surface area (Å²) in [5.74, 6) is 0. The lowest BCUT2D eigenvalue weighted by Crippen LogP contribution is -2.15. The van der Waals surface area contributed by atoms with E-state index in [9.17, 15) is 8.42 Å². The van der Waals surface area contributed by atoms with Gasteiger partial charge in [0, 0.05) is 0 Å². The molecule has 0 aliphatic carbocycles. The Morgan fingerprint density at radius 2 is 1.80 bits per heavy atom. The maximum absolute atomic E-state index is 10.8. The summed E-state index contributed by atoms with van der Waals surface area (Å²) >= 11 is 0. The molecule has 1 aromatic rings. The molecule has 0 spiro atoms. The average Bonchev–Trinajstić information content (AvgIpc) is 2.38. The molecule has 3 nitrogen and oxygen atoms in total. The fourth-order valence-corrected chi connectivity index (χ4v) is 2.35. The molecule has 1 rings (SSSR count). The molecule has 0 aliphatic heterocycles. The van der Waals surface area contributed by atoms with Crippen LogP contribution in [0.2, 0.25) is 0 Å². The van der Waals surface area contributed by atoms with Crippen molar-refractivity contribution >= 4 is 10.1 Å². The van der Waals surface area contributed by atoms with Crippen molar-refractivity contribution in [3.8, 4) is 0 Å². The molecule has 112 valence electrons. The molecule has 0 saturated heterocycles. The summed E-state index contributed by atoms with van der Waals surface area (Å²) in [5, 5.41) is 0. The molecule has 20 heavy (non-hydrogen) atoms. The maximum Gasteiger partial charge on any atom is 0.290 e. The standard InChI is InChI=1S/C16H24O3S/c1-5-16(3,4)15-11-9-14(10-12-15)8-6-7-13(2)20(17,18)19/h9-12H,2,5-8H2,1,3-4H3,(H,17,18,19). The topological polar surface area (TPSA) is 54.4 Å². The normalized spacial score (nSPS) is 12.4. The smallest absolute Gasteiger partial charge is 0.282 e. The summed E-state index contributed by atoms with van der Waals surface area (Å²) in [7, 11) is -4.08. The number of aryl methyl sites for hydroxylation is 1. The van der Waals surface area contributed by atoms with Crippen molar-refractivity contribution in [2.75, 3.05) is 0 Å². The maximum atomic E-state index is 10.8. The molecule has 0 heterocycles. The Hall–Kier alpha value is -1.13. The first-order chi connectivity index (χ1) is 9.16. The van der Waals surface area contributed by atoms with Crippen molar-refractivity contribution in [3.63, 3.8) is 0 Å². The van der Waals surface area contributed by atoms with E-state index in [2.05, 4.69) is 51.6 Å². The zero-order valence-corrected chi connectivity index (χ0v) is 13.3. The van der Waals surface area contributed by atoms with Gasteiger partial charge in [0.25, 0.3) is 10.1 Å². The Kier molecular flexibility index (Phi) is 5.54. The van der Waals surface area contributed by atoms with E-state index in [0.717, 1.165) is 12.8 Å².